The molecule has 2 aliphatic carbocycles. The highest BCUT2D eigenvalue weighted by molar-refractivity contribution is 7.98. The van der Waals surface area contributed by atoms with E-state index in [1.54, 1.807) is 60.5 Å². The minimum absolute atomic E-state index is 0.0664. The Morgan fingerprint density at radius 2 is 1.93 bits per heavy atom. The second kappa shape index (κ2) is 11.2. The minimum Gasteiger partial charge on any atom is -0.389 e. The normalized spacial score (nSPS) is 21.4. The lowest BCUT2D eigenvalue weighted by molar-refractivity contribution is -0.134. The second-order valence-corrected chi connectivity index (χ2v) is 15.7. The number of hydrogen-bond donors (Lipinski definition) is 1. The Hall–Kier alpha value is -3.66. The van der Waals surface area contributed by atoms with Gasteiger partial charge in [0.1, 0.15) is 10.7 Å². The predicted molar refractivity (Wildman–Crippen MR) is 166 cm³/mol. The number of thiazole rings is 1. The molecular weight excluding hydrogens is 645 g/mol. The first kappa shape index (κ1) is 32.3. The molecule has 1 saturated carbocycles. The monoisotopic (exact) mass is 676 g/mol. The fourth-order valence-electron chi connectivity index (χ4n) is 6.37. The van der Waals surface area contributed by atoms with Gasteiger partial charge in [-0.15, -0.1) is 11.3 Å². The molecule has 9 nitrogen and oxygen atoms in total. The number of benzene rings is 1. The summed E-state index contributed by atoms with van der Waals surface area (Å²) in [6, 6.07) is 6.80. The van der Waals surface area contributed by atoms with Crippen molar-refractivity contribution in [2.45, 2.75) is 62.4 Å². The van der Waals surface area contributed by atoms with Crippen LogP contribution in [0.15, 0.2) is 59.5 Å². The highest BCUT2D eigenvalue weighted by Crippen LogP contribution is 2.52. The molecule has 1 N–H and O–H groups in total. The third kappa shape index (κ3) is 5.85. The highest BCUT2D eigenvalue weighted by atomic mass is 32.2. The lowest BCUT2D eigenvalue weighted by Crippen LogP contribution is -2.53. The van der Waals surface area contributed by atoms with Gasteiger partial charge in [-0.25, -0.2) is 22.6 Å². The first-order valence-corrected chi connectivity index (χ1v) is 17.0. The molecule has 46 heavy (non-hydrogen) atoms. The van der Waals surface area contributed by atoms with Crippen molar-refractivity contribution in [3.63, 3.8) is 0 Å². The van der Waals surface area contributed by atoms with Gasteiger partial charge >= 0.3 is 6.18 Å². The van der Waals surface area contributed by atoms with Crippen LogP contribution in [0.1, 0.15) is 59.0 Å². The third-order valence-electron chi connectivity index (χ3n) is 8.47. The summed E-state index contributed by atoms with van der Waals surface area (Å²) in [5, 5.41) is 19.7. The summed E-state index contributed by atoms with van der Waals surface area (Å²) in [7, 11) is -1.60. The first-order valence-electron chi connectivity index (χ1n) is 14.5. The van der Waals surface area contributed by atoms with Gasteiger partial charge < -0.3 is 5.11 Å². The van der Waals surface area contributed by atoms with Crippen molar-refractivity contribution in [3.05, 3.63) is 81.5 Å². The molecule has 3 heterocycles. The summed E-state index contributed by atoms with van der Waals surface area (Å²) in [4.78, 5) is 17.4. The maximum atomic E-state index is 14.5. The Balaban J connectivity index is 1.46. The Morgan fingerprint density at radius 3 is 2.54 bits per heavy atom. The number of fused-ring (bicyclic) bond motifs is 2. The number of allylic oxidation sites excluding steroid dienone is 1. The molecule has 0 amide bonds. The average Bonchev–Trinajstić information content (AvgIpc) is 3.74. The van der Waals surface area contributed by atoms with Crippen LogP contribution in [0.4, 0.5) is 17.6 Å². The van der Waals surface area contributed by atoms with Gasteiger partial charge in [-0.2, -0.15) is 23.4 Å². The zero-order chi connectivity index (χ0) is 33.2. The van der Waals surface area contributed by atoms with Crippen molar-refractivity contribution in [1.29, 1.82) is 0 Å². The van der Waals surface area contributed by atoms with Gasteiger partial charge in [-0.1, -0.05) is 5.57 Å². The number of ketones is 1. The van der Waals surface area contributed by atoms with Crippen molar-refractivity contribution in [2.75, 3.05) is 6.54 Å². The molecule has 0 saturated heterocycles. The standard InChI is InChI=1S/C31H32F4N6O3S2/c1-29(2,43)18-40(46(4,44)26-11-12-39(3)38-26)23-8-5-20-13-24-19(16-37-41(24)22-9-6-21(32)7-10-22)14-30(20,15-23)27(42)28-36-17-25(45-28)31(33,34)35/h6-7,9-13,16-17,23,43H,4-5,8,14-15,18H2,1-3H3/t23-,30-,46?/m0/s1. The Bertz CT molecular complexity index is 1940. The van der Waals surface area contributed by atoms with E-state index in [0.717, 1.165) is 0 Å². The molecule has 0 radical (unpaired) electrons. The van der Waals surface area contributed by atoms with Gasteiger partial charge in [0.25, 0.3) is 0 Å². The Morgan fingerprint density at radius 1 is 1.22 bits per heavy atom. The van der Waals surface area contributed by atoms with E-state index in [0.29, 0.717) is 52.9 Å². The van der Waals surface area contributed by atoms with Gasteiger partial charge in [0, 0.05) is 25.8 Å². The van der Waals surface area contributed by atoms with E-state index in [1.807, 2.05) is 6.08 Å². The summed E-state index contributed by atoms with van der Waals surface area (Å²) in [5.74, 6) is 3.07. The largest absolute Gasteiger partial charge is 0.427 e. The molecular formula is C31H32F4N6O3S2. The molecule has 4 aromatic rings. The maximum Gasteiger partial charge on any atom is 0.427 e. The number of alkyl halides is 3. The van der Waals surface area contributed by atoms with Crippen molar-refractivity contribution < 1.29 is 31.7 Å². The molecule has 15 heteroatoms. The van der Waals surface area contributed by atoms with Crippen LogP contribution in [-0.2, 0) is 29.4 Å². The van der Waals surface area contributed by atoms with Crippen LogP contribution in [0.25, 0.3) is 11.8 Å². The van der Waals surface area contributed by atoms with Crippen LogP contribution in [0.5, 0.6) is 0 Å². The topological polar surface area (TPSA) is 106 Å². The van der Waals surface area contributed by atoms with Gasteiger partial charge in [0.2, 0.25) is 5.78 Å². The van der Waals surface area contributed by atoms with E-state index < -0.39 is 49.4 Å². The van der Waals surface area contributed by atoms with Crippen LogP contribution in [-0.4, -0.2) is 68.0 Å². The fraction of sp³-hybridized carbons (Fsp3) is 0.387. The highest BCUT2D eigenvalue weighted by Gasteiger charge is 2.52. The number of nitrogens with zero attached hydrogens (tertiary/aromatic N) is 6. The second-order valence-electron chi connectivity index (χ2n) is 12.5. The summed E-state index contributed by atoms with van der Waals surface area (Å²) in [6.07, 6.45) is 2.01. The molecule has 0 aliphatic heterocycles. The molecule has 1 unspecified atom stereocenters. The number of aryl methyl sites for hydroxylation is 1. The third-order valence-corrected chi connectivity index (χ3v) is 11.6. The fourth-order valence-corrected chi connectivity index (χ4v) is 9.15. The zero-order valence-electron chi connectivity index (χ0n) is 25.3. The lowest BCUT2D eigenvalue weighted by Gasteiger charge is -2.47. The molecule has 6 rings (SSSR count). The number of carbonyl (C=O) groups excluding carboxylic acids is 1. The van der Waals surface area contributed by atoms with Crippen LogP contribution in [0.2, 0.25) is 0 Å². The van der Waals surface area contributed by atoms with Crippen molar-refractivity contribution in [1.82, 2.24) is 28.9 Å². The van der Waals surface area contributed by atoms with Crippen LogP contribution in [0.3, 0.4) is 0 Å². The van der Waals surface area contributed by atoms with Gasteiger partial charge in [-0.3, -0.25) is 9.48 Å². The summed E-state index contributed by atoms with van der Waals surface area (Å²) >= 11 is 0.297. The SMILES string of the molecule is C=S(=O)(c1ccn(C)n1)N(CC(C)(C)O)[C@H]1CCC2=Cc3c(cnn3-c3ccc(F)cc3)C[C@]2(C(=O)c2ncc(C(F)(F)F)s2)C1. The van der Waals surface area contributed by atoms with E-state index in [2.05, 4.69) is 21.1 Å². The number of aromatic nitrogens is 5. The minimum atomic E-state index is -4.66. The summed E-state index contributed by atoms with van der Waals surface area (Å²) in [5.41, 5.74) is -0.0129. The van der Waals surface area contributed by atoms with Crippen molar-refractivity contribution >= 4 is 38.8 Å². The number of carbonyl (C=O) groups is 1. The summed E-state index contributed by atoms with van der Waals surface area (Å²) < 4.78 is 73.6. The van der Waals surface area contributed by atoms with Gasteiger partial charge in [0.15, 0.2) is 10.0 Å². The number of Topliss-reactive ketones (excluding diaryl/α,β-unsaturated/α-hetero) is 1. The predicted octanol–water partition coefficient (Wildman–Crippen LogP) is 5.34. The van der Waals surface area contributed by atoms with E-state index in [4.69, 9.17) is 0 Å². The van der Waals surface area contributed by atoms with E-state index in [1.165, 1.54) is 16.8 Å². The van der Waals surface area contributed by atoms with Crippen molar-refractivity contribution in [2.24, 2.45) is 12.5 Å². The smallest absolute Gasteiger partial charge is 0.389 e. The molecule has 0 bridgehead atoms. The molecule has 244 valence electrons. The molecule has 2 aliphatic rings. The number of aliphatic hydroxyl groups is 1. The molecule has 3 aromatic heterocycles. The molecule has 1 aromatic carbocycles. The molecule has 1 fully saturated rings. The van der Waals surface area contributed by atoms with Gasteiger partial charge in [-0.05, 0) is 87.4 Å². The van der Waals surface area contributed by atoms with Crippen LogP contribution in [0, 0.1) is 11.2 Å². The lowest BCUT2D eigenvalue weighted by atomic mass is 9.61. The first-order chi connectivity index (χ1) is 21.5. The zero-order valence-corrected chi connectivity index (χ0v) is 26.9. The quantitative estimate of drug-likeness (QED) is 0.153. The van der Waals surface area contributed by atoms with Crippen LogP contribution >= 0.6 is 11.3 Å². The Kier molecular flexibility index (Phi) is 7.89. The van der Waals surface area contributed by atoms with E-state index >= 15 is 0 Å². The maximum absolute atomic E-state index is 14.5. The van der Waals surface area contributed by atoms with Crippen LogP contribution < -0.4 is 0 Å². The number of rotatable bonds is 8. The van der Waals surface area contributed by atoms with E-state index in [9.17, 15) is 31.7 Å². The number of halogens is 4. The molecule has 3 atom stereocenters. The number of hydrogen-bond acceptors (Lipinski definition) is 7. The van der Waals surface area contributed by atoms with Gasteiger partial charge in [0.05, 0.1) is 44.5 Å². The molecule has 0 spiro atoms. The van der Waals surface area contributed by atoms with E-state index in [-0.39, 0.29) is 29.4 Å². The van der Waals surface area contributed by atoms with Crippen molar-refractivity contribution in [3.8, 4) is 5.69 Å². The average molecular weight is 677 g/mol. The Labute approximate surface area is 267 Å². The summed E-state index contributed by atoms with van der Waals surface area (Å²) in [6.45, 7) is 3.09.